The van der Waals surface area contributed by atoms with Crippen molar-refractivity contribution in [2.75, 3.05) is 32.7 Å². The van der Waals surface area contributed by atoms with Crippen molar-refractivity contribution in [3.05, 3.63) is 35.4 Å². The van der Waals surface area contributed by atoms with Crippen molar-refractivity contribution in [3.63, 3.8) is 0 Å². The van der Waals surface area contributed by atoms with Crippen LogP contribution in [0.3, 0.4) is 0 Å². The zero-order valence-corrected chi connectivity index (χ0v) is 12.6. The molecule has 0 aliphatic carbocycles. The summed E-state index contributed by atoms with van der Waals surface area (Å²) in [5, 5.41) is 9.83. The summed E-state index contributed by atoms with van der Waals surface area (Å²) in [6.07, 6.45) is 0. The summed E-state index contributed by atoms with van der Waals surface area (Å²) in [4.78, 5) is 16.5. The van der Waals surface area contributed by atoms with Crippen LogP contribution in [0, 0.1) is 6.92 Å². The number of benzene rings is 1. The lowest BCUT2D eigenvalue weighted by Crippen LogP contribution is -2.52. The molecule has 1 N–H and O–H groups in total. The van der Waals surface area contributed by atoms with Crippen LogP contribution >= 0.6 is 0 Å². The number of β-amino-alcohol motifs (C(OH)–C–C–N with tert-alkyl or cyclic N) is 1. The fourth-order valence-electron chi connectivity index (χ4n) is 2.62. The van der Waals surface area contributed by atoms with E-state index in [1.54, 1.807) is 0 Å². The van der Waals surface area contributed by atoms with Gasteiger partial charge in [0.15, 0.2) is 0 Å². The molecule has 0 spiro atoms. The number of hydrogen-bond acceptors (Lipinski definition) is 3. The van der Waals surface area contributed by atoms with E-state index in [2.05, 4.69) is 4.90 Å². The molecule has 1 fully saturated rings. The summed E-state index contributed by atoms with van der Waals surface area (Å²) < 4.78 is 0. The van der Waals surface area contributed by atoms with Crippen LogP contribution in [-0.2, 0) is 0 Å². The first-order valence-electron chi connectivity index (χ1n) is 7.16. The normalized spacial score (nSPS) is 17.3. The number of hydrogen-bond donors (Lipinski definition) is 1. The number of amides is 1. The van der Waals surface area contributed by atoms with Crippen molar-refractivity contribution in [2.24, 2.45) is 0 Å². The van der Waals surface area contributed by atoms with E-state index in [0.717, 1.165) is 37.3 Å². The van der Waals surface area contributed by atoms with Gasteiger partial charge < -0.3 is 10.0 Å². The van der Waals surface area contributed by atoms with Crippen molar-refractivity contribution in [3.8, 4) is 0 Å². The Hall–Kier alpha value is -1.39. The van der Waals surface area contributed by atoms with Crippen LogP contribution in [0.25, 0.3) is 0 Å². The van der Waals surface area contributed by atoms with Crippen molar-refractivity contribution < 1.29 is 9.90 Å². The van der Waals surface area contributed by atoms with Gasteiger partial charge in [-0.1, -0.05) is 17.7 Å². The fraction of sp³-hybridized carbons (Fsp3) is 0.562. The van der Waals surface area contributed by atoms with E-state index < -0.39 is 5.60 Å². The molecule has 1 saturated heterocycles. The van der Waals surface area contributed by atoms with E-state index in [1.807, 2.05) is 49.9 Å². The Kier molecular flexibility index (Phi) is 4.45. The van der Waals surface area contributed by atoms with Gasteiger partial charge in [0.25, 0.3) is 5.91 Å². The molecule has 1 aromatic rings. The number of carbonyl (C=O) groups is 1. The molecule has 110 valence electrons. The van der Waals surface area contributed by atoms with Crippen LogP contribution in [0.2, 0.25) is 0 Å². The highest BCUT2D eigenvalue weighted by Gasteiger charge is 2.25. The van der Waals surface area contributed by atoms with Gasteiger partial charge in [-0.3, -0.25) is 9.69 Å². The SMILES string of the molecule is Cc1cccc(C(=O)N2CCN(CC(C)(C)O)CC2)c1. The Balaban J connectivity index is 1.92. The summed E-state index contributed by atoms with van der Waals surface area (Å²) in [7, 11) is 0. The molecular formula is C16H24N2O2. The third-order valence-electron chi connectivity index (χ3n) is 3.54. The molecule has 4 nitrogen and oxygen atoms in total. The van der Waals surface area contributed by atoms with Crippen LogP contribution < -0.4 is 0 Å². The molecule has 0 saturated carbocycles. The van der Waals surface area contributed by atoms with E-state index >= 15 is 0 Å². The highest BCUT2D eigenvalue weighted by atomic mass is 16.3. The minimum absolute atomic E-state index is 0.108. The maximum absolute atomic E-state index is 12.4. The van der Waals surface area contributed by atoms with E-state index in [9.17, 15) is 9.90 Å². The first-order chi connectivity index (χ1) is 9.35. The molecular weight excluding hydrogens is 252 g/mol. The lowest BCUT2D eigenvalue weighted by molar-refractivity contribution is 0.0178. The Labute approximate surface area is 121 Å². The van der Waals surface area contributed by atoms with Crippen molar-refractivity contribution in [1.29, 1.82) is 0 Å². The summed E-state index contributed by atoms with van der Waals surface area (Å²) in [5.74, 6) is 0.108. The van der Waals surface area contributed by atoms with Gasteiger partial charge in [0.2, 0.25) is 0 Å². The van der Waals surface area contributed by atoms with Crippen LogP contribution in [0.15, 0.2) is 24.3 Å². The third-order valence-corrected chi connectivity index (χ3v) is 3.54. The summed E-state index contributed by atoms with van der Waals surface area (Å²) in [5.41, 5.74) is 1.19. The van der Waals surface area contributed by atoms with Gasteiger partial charge in [0.1, 0.15) is 0 Å². The predicted molar refractivity (Wildman–Crippen MR) is 79.8 cm³/mol. The molecule has 1 aliphatic heterocycles. The van der Waals surface area contributed by atoms with Crippen molar-refractivity contribution >= 4 is 5.91 Å². The summed E-state index contributed by atoms with van der Waals surface area (Å²) in [6, 6.07) is 7.73. The fourth-order valence-corrected chi connectivity index (χ4v) is 2.62. The first-order valence-corrected chi connectivity index (χ1v) is 7.16. The van der Waals surface area contributed by atoms with Gasteiger partial charge in [0.05, 0.1) is 5.60 Å². The van der Waals surface area contributed by atoms with E-state index in [4.69, 9.17) is 0 Å². The Morgan fingerprint density at radius 1 is 1.25 bits per heavy atom. The molecule has 20 heavy (non-hydrogen) atoms. The first kappa shape index (κ1) is 15.0. The van der Waals surface area contributed by atoms with Gasteiger partial charge in [-0.25, -0.2) is 0 Å². The zero-order chi connectivity index (χ0) is 14.8. The maximum atomic E-state index is 12.4. The lowest BCUT2D eigenvalue weighted by atomic mass is 10.1. The highest BCUT2D eigenvalue weighted by Crippen LogP contribution is 2.12. The van der Waals surface area contributed by atoms with Crippen LogP contribution in [-0.4, -0.2) is 59.1 Å². The van der Waals surface area contributed by atoms with E-state index in [0.29, 0.717) is 6.54 Å². The van der Waals surface area contributed by atoms with Gasteiger partial charge >= 0.3 is 0 Å². The standard InChI is InChI=1S/C16H24N2O2/c1-13-5-4-6-14(11-13)15(19)18-9-7-17(8-10-18)12-16(2,3)20/h4-6,11,20H,7-10,12H2,1-3H3. The molecule has 2 rings (SSSR count). The maximum Gasteiger partial charge on any atom is 0.253 e. The number of aryl methyl sites for hydroxylation is 1. The van der Waals surface area contributed by atoms with E-state index in [-0.39, 0.29) is 5.91 Å². The molecule has 0 atom stereocenters. The highest BCUT2D eigenvalue weighted by molar-refractivity contribution is 5.94. The predicted octanol–water partition coefficient (Wildman–Crippen LogP) is 1.52. The number of rotatable bonds is 3. The Morgan fingerprint density at radius 3 is 2.45 bits per heavy atom. The molecule has 1 aliphatic rings. The van der Waals surface area contributed by atoms with Gasteiger partial charge in [-0.15, -0.1) is 0 Å². The van der Waals surface area contributed by atoms with Gasteiger partial charge in [-0.2, -0.15) is 0 Å². The second-order valence-electron chi connectivity index (χ2n) is 6.25. The molecule has 0 unspecified atom stereocenters. The molecule has 0 radical (unpaired) electrons. The van der Waals surface area contributed by atoms with E-state index in [1.165, 1.54) is 0 Å². The lowest BCUT2D eigenvalue weighted by Gasteiger charge is -2.37. The molecule has 0 bridgehead atoms. The number of carbonyl (C=O) groups excluding carboxylic acids is 1. The molecule has 1 aromatic carbocycles. The minimum atomic E-state index is -0.678. The van der Waals surface area contributed by atoms with Crippen LogP contribution in [0.1, 0.15) is 29.8 Å². The second-order valence-corrected chi connectivity index (χ2v) is 6.25. The van der Waals surface area contributed by atoms with Gasteiger partial charge in [0, 0.05) is 38.3 Å². The largest absolute Gasteiger partial charge is 0.389 e. The second kappa shape index (κ2) is 5.94. The van der Waals surface area contributed by atoms with Crippen LogP contribution in [0.5, 0.6) is 0 Å². The Bertz CT molecular complexity index is 472. The minimum Gasteiger partial charge on any atom is -0.389 e. The van der Waals surface area contributed by atoms with Crippen LogP contribution in [0.4, 0.5) is 0 Å². The molecule has 0 aromatic heterocycles. The van der Waals surface area contributed by atoms with Gasteiger partial charge in [-0.05, 0) is 32.9 Å². The van der Waals surface area contributed by atoms with Crippen molar-refractivity contribution in [2.45, 2.75) is 26.4 Å². The zero-order valence-electron chi connectivity index (χ0n) is 12.6. The molecule has 1 amide bonds. The topological polar surface area (TPSA) is 43.8 Å². The number of aliphatic hydroxyl groups is 1. The molecule has 1 heterocycles. The smallest absolute Gasteiger partial charge is 0.253 e. The Morgan fingerprint density at radius 2 is 1.90 bits per heavy atom. The monoisotopic (exact) mass is 276 g/mol. The average molecular weight is 276 g/mol. The number of nitrogens with zero attached hydrogens (tertiary/aromatic N) is 2. The third kappa shape index (κ3) is 4.05. The average Bonchev–Trinajstić information content (AvgIpc) is 2.37. The molecule has 4 heteroatoms. The quantitative estimate of drug-likeness (QED) is 0.910. The summed E-state index contributed by atoms with van der Waals surface area (Å²) in [6.45, 7) is 9.38. The van der Waals surface area contributed by atoms with Crippen molar-refractivity contribution in [1.82, 2.24) is 9.80 Å². The summed E-state index contributed by atoms with van der Waals surface area (Å²) >= 11 is 0. The number of piperazine rings is 1.